The standard InChI is InChI=1S/C21H38N4O/c26-21(18-22-14-16-24(17-15-22)19-6-2-3-7-19)25-12-8-20(9-13-25)23-10-4-1-5-11-23/h19-20H,1-18H2. The first-order valence-electron chi connectivity index (χ1n) is 11.3. The first-order chi connectivity index (χ1) is 12.8. The summed E-state index contributed by atoms with van der Waals surface area (Å²) in [6.45, 7) is 9.63. The maximum atomic E-state index is 12.7. The van der Waals surface area contributed by atoms with Crippen molar-refractivity contribution in [1.29, 1.82) is 0 Å². The predicted molar refractivity (Wildman–Crippen MR) is 105 cm³/mol. The summed E-state index contributed by atoms with van der Waals surface area (Å²) in [6, 6.07) is 1.57. The second kappa shape index (κ2) is 9.03. The minimum Gasteiger partial charge on any atom is -0.341 e. The highest BCUT2D eigenvalue weighted by molar-refractivity contribution is 5.78. The van der Waals surface area contributed by atoms with Crippen LogP contribution in [0.2, 0.25) is 0 Å². The van der Waals surface area contributed by atoms with Crippen LogP contribution in [0.1, 0.15) is 57.8 Å². The maximum Gasteiger partial charge on any atom is 0.236 e. The van der Waals surface area contributed by atoms with Crippen LogP contribution in [0.4, 0.5) is 0 Å². The van der Waals surface area contributed by atoms with E-state index in [2.05, 4.69) is 19.6 Å². The van der Waals surface area contributed by atoms with Crippen LogP contribution in [0.5, 0.6) is 0 Å². The zero-order valence-electron chi connectivity index (χ0n) is 16.6. The third kappa shape index (κ3) is 4.60. The average molecular weight is 363 g/mol. The molecule has 0 radical (unpaired) electrons. The van der Waals surface area contributed by atoms with Crippen molar-refractivity contribution >= 4 is 5.91 Å². The van der Waals surface area contributed by atoms with Gasteiger partial charge < -0.3 is 9.80 Å². The van der Waals surface area contributed by atoms with E-state index in [1.54, 1.807) is 0 Å². The molecule has 0 N–H and O–H groups in total. The van der Waals surface area contributed by atoms with Gasteiger partial charge in [-0.15, -0.1) is 0 Å². The Hall–Kier alpha value is -0.650. The first-order valence-corrected chi connectivity index (χ1v) is 11.3. The van der Waals surface area contributed by atoms with Gasteiger partial charge in [-0.3, -0.25) is 14.6 Å². The maximum absolute atomic E-state index is 12.7. The van der Waals surface area contributed by atoms with Crippen LogP contribution in [-0.4, -0.2) is 96.5 Å². The van der Waals surface area contributed by atoms with Gasteiger partial charge in [0.05, 0.1) is 6.54 Å². The second-order valence-electron chi connectivity index (χ2n) is 8.96. The van der Waals surface area contributed by atoms with Crippen molar-refractivity contribution < 1.29 is 4.79 Å². The topological polar surface area (TPSA) is 30.0 Å². The Balaban J connectivity index is 1.16. The Morgan fingerprint density at radius 2 is 1.19 bits per heavy atom. The Labute approximate surface area is 159 Å². The normalized spacial score (nSPS) is 28.7. The number of amides is 1. The lowest BCUT2D eigenvalue weighted by Crippen LogP contribution is -2.54. The third-order valence-electron chi connectivity index (χ3n) is 7.33. The van der Waals surface area contributed by atoms with Crippen LogP contribution in [0, 0.1) is 0 Å². The summed E-state index contributed by atoms with van der Waals surface area (Å²) < 4.78 is 0. The fourth-order valence-corrected chi connectivity index (χ4v) is 5.61. The molecule has 0 aromatic rings. The summed E-state index contributed by atoms with van der Waals surface area (Å²) in [5.74, 6) is 0.372. The molecule has 0 unspecified atom stereocenters. The van der Waals surface area contributed by atoms with Crippen LogP contribution in [0.15, 0.2) is 0 Å². The lowest BCUT2D eigenvalue weighted by molar-refractivity contribution is -0.134. The molecular weight excluding hydrogens is 324 g/mol. The number of hydrogen-bond acceptors (Lipinski definition) is 4. The van der Waals surface area contributed by atoms with Gasteiger partial charge in [0.1, 0.15) is 0 Å². The Kier molecular flexibility index (Phi) is 6.49. The molecule has 5 heteroatoms. The summed E-state index contributed by atoms with van der Waals surface area (Å²) in [5.41, 5.74) is 0. The van der Waals surface area contributed by atoms with Gasteiger partial charge in [-0.25, -0.2) is 0 Å². The van der Waals surface area contributed by atoms with Gasteiger partial charge >= 0.3 is 0 Å². The molecule has 0 aromatic carbocycles. The number of piperazine rings is 1. The van der Waals surface area contributed by atoms with Gasteiger partial charge in [-0.1, -0.05) is 19.3 Å². The lowest BCUT2D eigenvalue weighted by Gasteiger charge is -2.41. The van der Waals surface area contributed by atoms with Gasteiger partial charge in [0.25, 0.3) is 0 Å². The van der Waals surface area contributed by atoms with Crippen molar-refractivity contribution in [1.82, 2.24) is 19.6 Å². The van der Waals surface area contributed by atoms with E-state index in [4.69, 9.17) is 0 Å². The van der Waals surface area contributed by atoms with Gasteiger partial charge in [0.15, 0.2) is 0 Å². The third-order valence-corrected chi connectivity index (χ3v) is 7.33. The van der Waals surface area contributed by atoms with Gasteiger partial charge in [-0.2, -0.15) is 0 Å². The summed E-state index contributed by atoms with van der Waals surface area (Å²) >= 11 is 0. The molecule has 1 saturated carbocycles. The van der Waals surface area contributed by atoms with Crippen LogP contribution >= 0.6 is 0 Å². The molecule has 4 rings (SSSR count). The molecule has 4 fully saturated rings. The fourth-order valence-electron chi connectivity index (χ4n) is 5.61. The number of rotatable bonds is 4. The van der Waals surface area contributed by atoms with Crippen molar-refractivity contribution in [2.24, 2.45) is 0 Å². The van der Waals surface area contributed by atoms with Crippen molar-refractivity contribution in [3.05, 3.63) is 0 Å². The molecule has 4 aliphatic rings. The summed E-state index contributed by atoms with van der Waals surface area (Å²) in [4.78, 5) is 22.6. The zero-order valence-corrected chi connectivity index (χ0v) is 16.6. The highest BCUT2D eigenvalue weighted by atomic mass is 16.2. The number of carbonyl (C=O) groups is 1. The minimum atomic E-state index is 0.372. The monoisotopic (exact) mass is 362 g/mol. The van der Waals surface area contributed by atoms with Crippen molar-refractivity contribution in [3.8, 4) is 0 Å². The fraction of sp³-hybridized carbons (Fsp3) is 0.952. The largest absolute Gasteiger partial charge is 0.341 e. The molecule has 3 saturated heterocycles. The molecule has 3 heterocycles. The van der Waals surface area contributed by atoms with E-state index in [-0.39, 0.29) is 0 Å². The van der Waals surface area contributed by atoms with Crippen molar-refractivity contribution in [2.45, 2.75) is 69.9 Å². The van der Waals surface area contributed by atoms with Crippen LogP contribution in [0.3, 0.4) is 0 Å². The number of nitrogens with zero attached hydrogens (tertiary/aromatic N) is 4. The van der Waals surface area contributed by atoms with E-state index in [1.807, 2.05) is 0 Å². The Morgan fingerprint density at radius 3 is 1.85 bits per heavy atom. The predicted octanol–water partition coefficient (Wildman–Crippen LogP) is 2.02. The quantitative estimate of drug-likeness (QED) is 0.765. The van der Waals surface area contributed by atoms with Crippen molar-refractivity contribution in [3.63, 3.8) is 0 Å². The molecule has 148 valence electrons. The van der Waals surface area contributed by atoms with E-state index in [0.29, 0.717) is 12.5 Å². The smallest absolute Gasteiger partial charge is 0.236 e. The number of hydrogen-bond donors (Lipinski definition) is 0. The summed E-state index contributed by atoms with van der Waals surface area (Å²) in [6.07, 6.45) is 12.1. The molecule has 0 spiro atoms. The summed E-state index contributed by atoms with van der Waals surface area (Å²) in [7, 11) is 0. The van der Waals surface area contributed by atoms with Crippen molar-refractivity contribution in [2.75, 3.05) is 58.9 Å². The molecule has 0 bridgehead atoms. The van der Waals surface area contributed by atoms with Gasteiger partial charge in [0, 0.05) is 51.4 Å². The van der Waals surface area contributed by atoms with E-state index >= 15 is 0 Å². The molecule has 3 aliphatic heterocycles. The SMILES string of the molecule is O=C(CN1CCN(C2CCCC2)CC1)N1CCC(N2CCCCC2)CC1. The minimum absolute atomic E-state index is 0.372. The molecule has 0 atom stereocenters. The highest BCUT2D eigenvalue weighted by Crippen LogP contribution is 2.24. The van der Waals surface area contributed by atoms with Crippen LogP contribution in [-0.2, 0) is 4.79 Å². The first kappa shape index (κ1) is 18.7. The Morgan fingerprint density at radius 1 is 0.615 bits per heavy atom. The zero-order chi connectivity index (χ0) is 17.8. The van der Waals surface area contributed by atoms with Crippen LogP contribution in [0.25, 0.3) is 0 Å². The van der Waals surface area contributed by atoms with Crippen LogP contribution < -0.4 is 0 Å². The van der Waals surface area contributed by atoms with Gasteiger partial charge in [-0.05, 0) is 51.6 Å². The number of likely N-dealkylation sites (tertiary alicyclic amines) is 2. The molecular formula is C21H38N4O. The highest BCUT2D eigenvalue weighted by Gasteiger charge is 2.30. The number of piperidine rings is 2. The molecule has 0 aromatic heterocycles. The van der Waals surface area contributed by atoms with E-state index in [1.165, 1.54) is 70.9 Å². The van der Waals surface area contributed by atoms with E-state index in [0.717, 1.165) is 51.4 Å². The molecule has 26 heavy (non-hydrogen) atoms. The molecule has 1 amide bonds. The lowest BCUT2D eigenvalue weighted by atomic mass is 10.00. The van der Waals surface area contributed by atoms with Gasteiger partial charge in [0.2, 0.25) is 5.91 Å². The van der Waals surface area contributed by atoms with E-state index in [9.17, 15) is 4.79 Å². The number of carbonyl (C=O) groups excluding carboxylic acids is 1. The Bertz CT molecular complexity index is 443. The molecule has 1 aliphatic carbocycles. The average Bonchev–Trinajstić information content (AvgIpc) is 3.24. The second-order valence-corrected chi connectivity index (χ2v) is 8.96. The molecule has 5 nitrogen and oxygen atoms in total. The van der Waals surface area contributed by atoms with E-state index < -0.39 is 0 Å². The summed E-state index contributed by atoms with van der Waals surface area (Å²) in [5, 5.41) is 0.